The molecule has 0 saturated heterocycles. The third-order valence-electron chi connectivity index (χ3n) is 1.32. The van der Waals surface area contributed by atoms with Crippen molar-refractivity contribution in [2.75, 3.05) is 13.6 Å². The Bertz CT molecular complexity index is 118. The van der Waals surface area contributed by atoms with E-state index in [1.165, 1.54) is 6.92 Å². The minimum atomic E-state index is -0.968. The van der Waals surface area contributed by atoms with Gasteiger partial charge in [-0.1, -0.05) is 0 Å². The van der Waals surface area contributed by atoms with Crippen LogP contribution in [0.3, 0.4) is 0 Å². The molecule has 0 spiro atoms. The van der Waals surface area contributed by atoms with Gasteiger partial charge in [0.15, 0.2) is 0 Å². The molecule has 2 atom stereocenters. The van der Waals surface area contributed by atoms with Gasteiger partial charge in [0, 0.05) is 6.54 Å². The monoisotopic (exact) mass is 183 g/mol. The van der Waals surface area contributed by atoms with Gasteiger partial charge in [-0.05, 0) is 14.0 Å². The second kappa shape index (κ2) is 6.39. The predicted molar refractivity (Wildman–Crippen MR) is 44.0 cm³/mol. The van der Waals surface area contributed by atoms with E-state index in [4.69, 9.17) is 10.2 Å². The topological polar surface area (TPSA) is 69.6 Å². The molecule has 0 aromatic carbocycles. The van der Waals surface area contributed by atoms with E-state index in [0.717, 1.165) is 0 Å². The highest BCUT2D eigenvalue weighted by atomic mass is 35.5. The number of carbonyl (C=O) groups is 1. The first-order valence-corrected chi connectivity index (χ1v) is 3.15. The summed E-state index contributed by atoms with van der Waals surface area (Å²) in [4.78, 5) is 10.3. The van der Waals surface area contributed by atoms with Crippen molar-refractivity contribution in [3.05, 3.63) is 0 Å². The lowest BCUT2D eigenvalue weighted by molar-refractivity contribution is -0.144. The maximum absolute atomic E-state index is 10.3. The number of rotatable bonds is 4. The van der Waals surface area contributed by atoms with Crippen molar-refractivity contribution in [3.63, 3.8) is 0 Å². The molecule has 0 aromatic rings. The van der Waals surface area contributed by atoms with Crippen LogP contribution < -0.4 is 5.32 Å². The Morgan fingerprint density at radius 3 is 2.18 bits per heavy atom. The van der Waals surface area contributed by atoms with E-state index in [-0.39, 0.29) is 12.4 Å². The summed E-state index contributed by atoms with van der Waals surface area (Å²) < 4.78 is 0. The molecule has 0 unspecified atom stereocenters. The number of aliphatic carboxylic acids is 1. The van der Waals surface area contributed by atoms with Gasteiger partial charge < -0.3 is 15.5 Å². The van der Waals surface area contributed by atoms with Gasteiger partial charge in [0.2, 0.25) is 0 Å². The Hall–Kier alpha value is -0.320. The Labute approximate surface area is 72.0 Å². The molecule has 0 heterocycles. The van der Waals surface area contributed by atoms with E-state index in [9.17, 15) is 4.79 Å². The van der Waals surface area contributed by atoms with Gasteiger partial charge in [0.25, 0.3) is 0 Å². The van der Waals surface area contributed by atoms with Gasteiger partial charge in [0.1, 0.15) is 0 Å². The number of hydrogen-bond acceptors (Lipinski definition) is 3. The average Bonchev–Trinajstić information content (AvgIpc) is 1.81. The van der Waals surface area contributed by atoms with Gasteiger partial charge in [-0.2, -0.15) is 0 Å². The summed E-state index contributed by atoms with van der Waals surface area (Å²) in [7, 11) is 1.65. The molecular formula is C6H14ClNO3. The highest BCUT2D eigenvalue weighted by molar-refractivity contribution is 5.85. The fourth-order valence-corrected chi connectivity index (χ4v) is 0.684. The van der Waals surface area contributed by atoms with Crippen LogP contribution in [-0.2, 0) is 4.79 Å². The first kappa shape index (κ1) is 13.3. The molecule has 0 amide bonds. The van der Waals surface area contributed by atoms with Gasteiger partial charge in [-0.25, -0.2) is 0 Å². The number of hydrogen-bond donors (Lipinski definition) is 3. The predicted octanol–water partition coefficient (Wildman–Crippen LogP) is -0.291. The normalized spacial score (nSPS) is 14.8. The van der Waals surface area contributed by atoms with Crippen LogP contribution in [0, 0.1) is 5.92 Å². The number of aliphatic hydroxyl groups excluding tert-OH is 1. The van der Waals surface area contributed by atoms with Crippen molar-refractivity contribution in [2.45, 2.75) is 13.0 Å². The Morgan fingerprint density at radius 1 is 1.64 bits per heavy atom. The molecule has 0 fully saturated rings. The van der Waals surface area contributed by atoms with Crippen LogP contribution in [0.5, 0.6) is 0 Å². The molecule has 3 N–H and O–H groups in total. The van der Waals surface area contributed by atoms with Gasteiger partial charge in [-0.3, -0.25) is 4.79 Å². The molecular weight excluding hydrogens is 170 g/mol. The maximum atomic E-state index is 10.3. The second-order valence-electron chi connectivity index (χ2n) is 2.24. The maximum Gasteiger partial charge on any atom is 0.310 e. The van der Waals surface area contributed by atoms with E-state index in [2.05, 4.69) is 5.32 Å². The average molecular weight is 184 g/mol. The molecule has 0 bridgehead atoms. The summed E-state index contributed by atoms with van der Waals surface area (Å²) in [6.07, 6.45) is -0.801. The molecule has 0 aromatic heterocycles. The van der Waals surface area contributed by atoms with Crippen molar-refractivity contribution in [3.8, 4) is 0 Å². The number of carboxylic acid groups (broad SMARTS) is 1. The molecule has 4 nitrogen and oxygen atoms in total. The van der Waals surface area contributed by atoms with E-state index in [0.29, 0.717) is 6.54 Å². The van der Waals surface area contributed by atoms with Crippen LogP contribution in [-0.4, -0.2) is 35.9 Å². The zero-order valence-corrected chi connectivity index (χ0v) is 7.39. The zero-order valence-electron chi connectivity index (χ0n) is 6.57. The second-order valence-corrected chi connectivity index (χ2v) is 2.24. The molecule has 11 heavy (non-hydrogen) atoms. The van der Waals surface area contributed by atoms with Crippen LogP contribution in [0.25, 0.3) is 0 Å². The first-order valence-electron chi connectivity index (χ1n) is 3.15. The summed E-state index contributed by atoms with van der Waals surface area (Å²) in [6.45, 7) is 1.77. The lowest BCUT2D eigenvalue weighted by Gasteiger charge is -2.13. The van der Waals surface area contributed by atoms with Crippen molar-refractivity contribution in [2.24, 2.45) is 5.92 Å². The zero-order chi connectivity index (χ0) is 8.15. The van der Waals surface area contributed by atoms with E-state index in [1.54, 1.807) is 7.05 Å². The molecule has 5 heteroatoms. The standard InChI is InChI=1S/C6H13NO3.ClH/c1-4(8)5(3-7-2)6(9)10;/h4-5,7-8H,3H2,1-2H3,(H,9,10);1H/t4-,5+;/m1./s1. The molecule has 0 aliphatic carbocycles. The number of nitrogens with one attached hydrogen (secondary N) is 1. The highest BCUT2D eigenvalue weighted by Gasteiger charge is 2.21. The minimum Gasteiger partial charge on any atom is -0.481 e. The third kappa shape index (κ3) is 5.01. The van der Waals surface area contributed by atoms with Crippen molar-refractivity contribution >= 4 is 18.4 Å². The van der Waals surface area contributed by atoms with Crippen LogP contribution in [0.1, 0.15) is 6.92 Å². The summed E-state index contributed by atoms with van der Waals surface area (Å²) in [5.74, 6) is -1.67. The third-order valence-corrected chi connectivity index (χ3v) is 1.32. The van der Waals surface area contributed by atoms with Crippen LogP contribution in [0.15, 0.2) is 0 Å². The molecule has 68 valence electrons. The lowest BCUT2D eigenvalue weighted by atomic mass is 10.1. The first-order chi connectivity index (χ1) is 4.59. The molecule has 0 rings (SSSR count). The molecule has 0 aliphatic rings. The van der Waals surface area contributed by atoms with Crippen molar-refractivity contribution in [1.82, 2.24) is 5.32 Å². The van der Waals surface area contributed by atoms with Crippen LogP contribution in [0.2, 0.25) is 0 Å². The molecule has 0 aliphatic heterocycles. The van der Waals surface area contributed by atoms with Crippen LogP contribution in [0.4, 0.5) is 0 Å². The smallest absolute Gasteiger partial charge is 0.310 e. The highest BCUT2D eigenvalue weighted by Crippen LogP contribution is 2.01. The fraction of sp³-hybridized carbons (Fsp3) is 0.833. The van der Waals surface area contributed by atoms with Crippen molar-refractivity contribution < 1.29 is 15.0 Å². The van der Waals surface area contributed by atoms with Gasteiger partial charge >= 0.3 is 5.97 Å². The number of carboxylic acids is 1. The van der Waals surface area contributed by atoms with E-state index >= 15 is 0 Å². The number of halogens is 1. The molecule has 0 radical (unpaired) electrons. The fourth-order valence-electron chi connectivity index (χ4n) is 0.684. The summed E-state index contributed by atoms with van der Waals surface area (Å²) >= 11 is 0. The van der Waals surface area contributed by atoms with E-state index in [1.807, 2.05) is 0 Å². The number of aliphatic hydroxyl groups is 1. The van der Waals surface area contributed by atoms with Crippen LogP contribution >= 0.6 is 12.4 Å². The summed E-state index contributed by atoms with van der Waals surface area (Å²) in [5.41, 5.74) is 0. The summed E-state index contributed by atoms with van der Waals surface area (Å²) in [6, 6.07) is 0. The van der Waals surface area contributed by atoms with Gasteiger partial charge in [0.05, 0.1) is 12.0 Å². The Morgan fingerprint density at radius 2 is 2.09 bits per heavy atom. The largest absolute Gasteiger partial charge is 0.481 e. The van der Waals surface area contributed by atoms with Gasteiger partial charge in [-0.15, -0.1) is 12.4 Å². The summed E-state index contributed by atoms with van der Waals surface area (Å²) in [5, 5.41) is 20.1. The Balaban J connectivity index is 0. The molecule has 0 saturated carbocycles. The van der Waals surface area contributed by atoms with E-state index < -0.39 is 18.0 Å². The quantitative estimate of drug-likeness (QED) is 0.560. The minimum absolute atomic E-state index is 0. The Kier molecular flexibility index (Phi) is 7.72. The SMILES string of the molecule is CNC[C@H](C(=O)O)[C@@H](C)O.Cl. The lowest BCUT2D eigenvalue weighted by Crippen LogP contribution is -2.34. The van der Waals surface area contributed by atoms with Crippen molar-refractivity contribution in [1.29, 1.82) is 0 Å².